The molecule has 5 heteroatoms. The summed E-state index contributed by atoms with van der Waals surface area (Å²) in [5.41, 5.74) is -2.45. The Morgan fingerprint density at radius 2 is 1.93 bits per heavy atom. The lowest BCUT2D eigenvalue weighted by Gasteiger charge is -2.33. The topological polar surface area (TPSA) is 20.2 Å². The average molecular weight is 242 g/mol. The monoisotopic (exact) mass is 242 g/mol. The van der Waals surface area contributed by atoms with Crippen LogP contribution in [-0.4, -0.2) is 28.4 Å². The zero-order chi connectivity index (χ0) is 11.7. The van der Waals surface area contributed by atoms with Crippen LogP contribution in [0, 0.1) is 5.92 Å². The van der Waals surface area contributed by atoms with Crippen molar-refractivity contribution in [3.63, 3.8) is 0 Å². The maximum absolute atomic E-state index is 12.8. The van der Waals surface area contributed by atoms with Gasteiger partial charge < -0.3 is 5.11 Å². The summed E-state index contributed by atoms with van der Waals surface area (Å²) in [4.78, 5) is 0. The van der Waals surface area contributed by atoms with Crippen molar-refractivity contribution in [2.75, 3.05) is 6.26 Å². The molecule has 1 fully saturated rings. The van der Waals surface area contributed by atoms with Crippen LogP contribution in [0.4, 0.5) is 13.2 Å². The number of hydrogen-bond donors (Lipinski definition) is 1. The molecular formula is C10H17F3OS. The Morgan fingerprint density at radius 3 is 2.20 bits per heavy atom. The van der Waals surface area contributed by atoms with Crippen molar-refractivity contribution in [2.45, 2.75) is 49.6 Å². The van der Waals surface area contributed by atoms with E-state index in [2.05, 4.69) is 0 Å². The first kappa shape index (κ1) is 13.2. The molecule has 0 spiro atoms. The van der Waals surface area contributed by atoms with E-state index in [0.29, 0.717) is 19.3 Å². The summed E-state index contributed by atoms with van der Waals surface area (Å²) in [6.07, 6.45) is -1.21. The van der Waals surface area contributed by atoms with Gasteiger partial charge >= 0.3 is 6.18 Å². The van der Waals surface area contributed by atoms with Gasteiger partial charge in [0.15, 0.2) is 5.60 Å². The summed E-state index contributed by atoms with van der Waals surface area (Å²) >= 11 is 1.40. The molecule has 0 saturated heterocycles. The minimum Gasteiger partial charge on any atom is -0.380 e. The second-order valence-corrected chi connectivity index (χ2v) is 5.30. The van der Waals surface area contributed by atoms with Crippen molar-refractivity contribution in [3.8, 4) is 0 Å². The fourth-order valence-corrected chi connectivity index (χ4v) is 2.57. The minimum absolute atomic E-state index is 0.114. The molecule has 1 N–H and O–H groups in total. The van der Waals surface area contributed by atoms with Crippen molar-refractivity contribution in [1.82, 2.24) is 0 Å². The Kier molecular flexibility index (Phi) is 3.98. The van der Waals surface area contributed by atoms with Crippen LogP contribution in [0.2, 0.25) is 0 Å². The molecule has 90 valence electrons. The van der Waals surface area contributed by atoms with E-state index in [9.17, 15) is 18.3 Å². The number of rotatable bonds is 5. The zero-order valence-electron chi connectivity index (χ0n) is 8.97. The summed E-state index contributed by atoms with van der Waals surface area (Å²) in [6.45, 7) is 1.85. The number of aliphatic hydroxyl groups is 1. The van der Waals surface area contributed by atoms with Gasteiger partial charge in [-0.3, -0.25) is 0 Å². The molecule has 0 aliphatic heterocycles. The van der Waals surface area contributed by atoms with Gasteiger partial charge in [-0.15, -0.1) is 0 Å². The largest absolute Gasteiger partial charge is 0.417 e. The standard InChI is InChI=1S/C10H17F3OS/c1-3-8(15-2)6-9(14,7-4-5-7)10(11,12)13/h7-8,14H,3-6H2,1-2H3/t8-,9?/m0/s1. The molecule has 15 heavy (non-hydrogen) atoms. The fraction of sp³-hybridized carbons (Fsp3) is 1.00. The Hall–Kier alpha value is 0.100. The Morgan fingerprint density at radius 1 is 1.40 bits per heavy atom. The van der Waals surface area contributed by atoms with E-state index in [1.807, 2.05) is 6.92 Å². The normalized spacial score (nSPS) is 23.6. The fourth-order valence-electron chi connectivity index (χ4n) is 1.82. The minimum atomic E-state index is -4.49. The number of hydrogen-bond acceptors (Lipinski definition) is 2. The van der Waals surface area contributed by atoms with E-state index >= 15 is 0 Å². The lowest BCUT2D eigenvalue weighted by Crippen LogP contribution is -2.49. The van der Waals surface area contributed by atoms with Gasteiger partial charge in [-0.05, 0) is 37.9 Å². The Balaban J connectivity index is 2.73. The predicted octanol–water partition coefficient (Wildman–Crippen LogP) is 3.22. The van der Waals surface area contributed by atoms with Crippen molar-refractivity contribution >= 4 is 11.8 Å². The second kappa shape index (κ2) is 4.53. The third-order valence-corrected chi connectivity index (χ3v) is 4.24. The lowest BCUT2D eigenvalue weighted by molar-refractivity contribution is -0.270. The summed E-state index contributed by atoms with van der Waals surface area (Å²) in [6, 6.07) is 0. The number of thioether (sulfide) groups is 1. The van der Waals surface area contributed by atoms with Gasteiger partial charge in [-0.1, -0.05) is 6.92 Å². The molecule has 1 nitrogen and oxygen atoms in total. The van der Waals surface area contributed by atoms with Gasteiger partial charge in [-0.25, -0.2) is 0 Å². The van der Waals surface area contributed by atoms with E-state index < -0.39 is 17.7 Å². The third-order valence-electron chi connectivity index (χ3n) is 3.07. The van der Waals surface area contributed by atoms with E-state index in [4.69, 9.17) is 0 Å². The summed E-state index contributed by atoms with van der Waals surface area (Å²) < 4.78 is 38.3. The molecule has 0 bridgehead atoms. The predicted molar refractivity (Wildman–Crippen MR) is 55.9 cm³/mol. The van der Waals surface area contributed by atoms with E-state index in [1.165, 1.54) is 11.8 Å². The van der Waals surface area contributed by atoms with Crippen LogP contribution in [0.1, 0.15) is 32.6 Å². The van der Waals surface area contributed by atoms with Crippen molar-refractivity contribution in [2.24, 2.45) is 5.92 Å². The van der Waals surface area contributed by atoms with Gasteiger partial charge in [-0.2, -0.15) is 24.9 Å². The molecule has 0 radical (unpaired) electrons. The first-order valence-corrected chi connectivity index (χ1v) is 6.45. The van der Waals surface area contributed by atoms with Crippen LogP contribution in [-0.2, 0) is 0 Å². The highest BCUT2D eigenvalue weighted by Crippen LogP contribution is 2.51. The van der Waals surface area contributed by atoms with E-state index in [0.717, 1.165) is 0 Å². The first-order valence-electron chi connectivity index (χ1n) is 5.17. The van der Waals surface area contributed by atoms with Crippen molar-refractivity contribution < 1.29 is 18.3 Å². The highest BCUT2D eigenvalue weighted by atomic mass is 32.2. The zero-order valence-corrected chi connectivity index (χ0v) is 9.79. The van der Waals surface area contributed by atoms with Gasteiger partial charge in [0.2, 0.25) is 0 Å². The SMILES string of the molecule is CC[C@@H](CC(O)(C1CC1)C(F)(F)F)SC. The van der Waals surface area contributed by atoms with E-state index in [-0.39, 0.29) is 11.7 Å². The van der Waals surface area contributed by atoms with Crippen LogP contribution in [0.3, 0.4) is 0 Å². The molecular weight excluding hydrogens is 225 g/mol. The van der Waals surface area contributed by atoms with Crippen molar-refractivity contribution in [1.29, 1.82) is 0 Å². The maximum atomic E-state index is 12.8. The molecule has 0 aromatic rings. The quantitative estimate of drug-likeness (QED) is 0.798. The van der Waals surface area contributed by atoms with Gasteiger partial charge in [0.25, 0.3) is 0 Å². The molecule has 1 unspecified atom stereocenters. The highest BCUT2D eigenvalue weighted by Gasteiger charge is 2.61. The Bertz CT molecular complexity index is 211. The van der Waals surface area contributed by atoms with Gasteiger partial charge in [0.1, 0.15) is 0 Å². The molecule has 0 aromatic carbocycles. The number of halogens is 3. The van der Waals surface area contributed by atoms with Crippen molar-refractivity contribution in [3.05, 3.63) is 0 Å². The summed E-state index contributed by atoms with van der Waals surface area (Å²) in [7, 11) is 0. The third kappa shape index (κ3) is 2.81. The molecule has 0 heterocycles. The van der Waals surface area contributed by atoms with Crippen LogP contribution in [0.5, 0.6) is 0 Å². The molecule has 1 aliphatic rings. The Labute approximate surface area is 92.4 Å². The molecule has 2 atom stereocenters. The van der Waals surface area contributed by atoms with Gasteiger partial charge in [0, 0.05) is 5.25 Å². The van der Waals surface area contributed by atoms with Crippen LogP contribution < -0.4 is 0 Å². The van der Waals surface area contributed by atoms with E-state index in [1.54, 1.807) is 6.26 Å². The van der Waals surface area contributed by atoms with Crippen LogP contribution >= 0.6 is 11.8 Å². The van der Waals surface area contributed by atoms with Crippen LogP contribution in [0.15, 0.2) is 0 Å². The lowest BCUT2D eigenvalue weighted by atomic mass is 9.90. The average Bonchev–Trinajstić information content (AvgIpc) is 2.95. The van der Waals surface area contributed by atoms with Crippen LogP contribution in [0.25, 0.3) is 0 Å². The smallest absolute Gasteiger partial charge is 0.380 e. The molecule has 1 saturated carbocycles. The molecule has 1 rings (SSSR count). The second-order valence-electron chi connectivity index (χ2n) is 4.17. The number of alkyl halides is 3. The highest BCUT2D eigenvalue weighted by molar-refractivity contribution is 7.99. The summed E-state index contributed by atoms with van der Waals surface area (Å²) in [5, 5.41) is 9.67. The molecule has 0 aromatic heterocycles. The molecule has 1 aliphatic carbocycles. The molecule has 0 amide bonds. The maximum Gasteiger partial charge on any atom is 0.417 e. The summed E-state index contributed by atoms with van der Waals surface area (Å²) in [5.74, 6) is -0.571. The first-order chi connectivity index (χ1) is 6.85. The van der Waals surface area contributed by atoms with Gasteiger partial charge in [0.05, 0.1) is 0 Å².